The first-order chi connectivity index (χ1) is 12.5. The number of carbonyl (C=O) groups is 2. The molecule has 1 aliphatic rings. The second-order valence-corrected chi connectivity index (χ2v) is 5.73. The standard InChI is InChI=1S/C20H14O6/c1-11(21)24-17-9-13(20(22)23-2)7-12-8-18-19(10-14(12)17)26-16-6-4-3-5-15(16)25-18/h3-10H,1-2H3. The van der Waals surface area contributed by atoms with Gasteiger partial charge in [-0.2, -0.15) is 0 Å². The monoisotopic (exact) mass is 350 g/mol. The van der Waals surface area contributed by atoms with E-state index in [0.29, 0.717) is 33.8 Å². The number of ether oxygens (including phenoxy) is 4. The molecule has 0 aromatic heterocycles. The van der Waals surface area contributed by atoms with Gasteiger partial charge in [0.05, 0.1) is 12.7 Å². The first-order valence-electron chi connectivity index (χ1n) is 7.88. The van der Waals surface area contributed by atoms with Crippen molar-refractivity contribution in [1.29, 1.82) is 0 Å². The highest BCUT2D eigenvalue weighted by Gasteiger charge is 2.21. The molecule has 0 unspecified atom stereocenters. The summed E-state index contributed by atoms with van der Waals surface area (Å²) in [5.41, 5.74) is 0.272. The van der Waals surface area contributed by atoms with Crippen LogP contribution in [0, 0.1) is 0 Å². The number of esters is 2. The highest BCUT2D eigenvalue weighted by atomic mass is 16.6. The molecule has 130 valence electrons. The van der Waals surface area contributed by atoms with Gasteiger partial charge in [-0.3, -0.25) is 4.79 Å². The van der Waals surface area contributed by atoms with E-state index < -0.39 is 11.9 Å². The fourth-order valence-corrected chi connectivity index (χ4v) is 2.83. The molecule has 3 aromatic carbocycles. The molecule has 0 saturated heterocycles. The van der Waals surface area contributed by atoms with E-state index in [1.165, 1.54) is 20.1 Å². The van der Waals surface area contributed by atoms with Crippen molar-refractivity contribution in [3.63, 3.8) is 0 Å². The molecule has 6 nitrogen and oxygen atoms in total. The van der Waals surface area contributed by atoms with Crippen LogP contribution in [0.5, 0.6) is 28.7 Å². The lowest BCUT2D eigenvalue weighted by Gasteiger charge is -2.21. The van der Waals surface area contributed by atoms with Crippen LogP contribution < -0.4 is 14.2 Å². The second-order valence-electron chi connectivity index (χ2n) is 5.73. The number of rotatable bonds is 2. The molecule has 0 aliphatic carbocycles. The zero-order valence-electron chi connectivity index (χ0n) is 14.1. The molecular formula is C20H14O6. The van der Waals surface area contributed by atoms with Gasteiger partial charge in [-0.1, -0.05) is 12.1 Å². The minimum Gasteiger partial charge on any atom is -0.465 e. The van der Waals surface area contributed by atoms with Crippen LogP contribution in [-0.4, -0.2) is 19.0 Å². The molecular weight excluding hydrogens is 336 g/mol. The molecule has 4 rings (SSSR count). The largest absolute Gasteiger partial charge is 0.465 e. The molecule has 0 atom stereocenters. The Kier molecular flexibility index (Phi) is 3.73. The summed E-state index contributed by atoms with van der Waals surface area (Å²) in [5.74, 6) is 1.43. The summed E-state index contributed by atoms with van der Waals surface area (Å²) in [6.07, 6.45) is 0. The van der Waals surface area contributed by atoms with E-state index in [9.17, 15) is 9.59 Å². The van der Waals surface area contributed by atoms with E-state index in [0.717, 1.165) is 0 Å². The van der Waals surface area contributed by atoms with Crippen molar-refractivity contribution >= 4 is 22.7 Å². The molecule has 3 aromatic rings. The van der Waals surface area contributed by atoms with Gasteiger partial charge in [0.25, 0.3) is 0 Å². The van der Waals surface area contributed by atoms with Crippen LogP contribution >= 0.6 is 0 Å². The minimum absolute atomic E-state index is 0.251. The van der Waals surface area contributed by atoms with Gasteiger partial charge in [0.1, 0.15) is 5.75 Å². The third-order valence-electron chi connectivity index (χ3n) is 3.94. The number of hydrogen-bond donors (Lipinski definition) is 0. The van der Waals surface area contributed by atoms with Gasteiger partial charge in [0, 0.05) is 12.3 Å². The summed E-state index contributed by atoms with van der Waals surface area (Å²) in [7, 11) is 1.29. The van der Waals surface area contributed by atoms with Crippen molar-refractivity contribution in [3.8, 4) is 28.7 Å². The van der Waals surface area contributed by atoms with Crippen molar-refractivity contribution in [2.24, 2.45) is 0 Å². The Bertz CT molecular complexity index is 1050. The van der Waals surface area contributed by atoms with Crippen molar-refractivity contribution in [3.05, 3.63) is 54.1 Å². The number of carbonyl (C=O) groups excluding carboxylic acids is 2. The first kappa shape index (κ1) is 16.0. The van der Waals surface area contributed by atoms with Gasteiger partial charge in [-0.15, -0.1) is 0 Å². The SMILES string of the molecule is COC(=O)c1cc(OC(C)=O)c2cc3c(cc2c1)Oc1ccccc1O3. The third-order valence-corrected chi connectivity index (χ3v) is 3.94. The van der Waals surface area contributed by atoms with Gasteiger partial charge in [-0.25, -0.2) is 4.79 Å². The quantitative estimate of drug-likeness (QED) is 0.393. The lowest BCUT2D eigenvalue weighted by molar-refractivity contribution is -0.131. The predicted octanol–water partition coefficient (Wildman–Crippen LogP) is 4.45. The summed E-state index contributed by atoms with van der Waals surface area (Å²) < 4.78 is 21.8. The Labute approximate surface area is 148 Å². The molecule has 0 N–H and O–H groups in total. The zero-order chi connectivity index (χ0) is 18.3. The van der Waals surface area contributed by atoms with E-state index in [-0.39, 0.29) is 11.3 Å². The van der Waals surface area contributed by atoms with Crippen LogP contribution in [0.25, 0.3) is 10.8 Å². The highest BCUT2D eigenvalue weighted by Crippen LogP contribution is 2.47. The molecule has 6 heteroatoms. The van der Waals surface area contributed by atoms with Crippen molar-refractivity contribution in [2.75, 3.05) is 7.11 Å². The normalized spacial score (nSPS) is 11.6. The maximum absolute atomic E-state index is 11.9. The van der Waals surface area contributed by atoms with Crippen molar-refractivity contribution in [1.82, 2.24) is 0 Å². The van der Waals surface area contributed by atoms with Crippen molar-refractivity contribution in [2.45, 2.75) is 6.92 Å². The fourth-order valence-electron chi connectivity index (χ4n) is 2.83. The number of hydrogen-bond acceptors (Lipinski definition) is 6. The molecule has 0 spiro atoms. The summed E-state index contributed by atoms with van der Waals surface area (Å²) in [6.45, 7) is 1.30. The predicted molar refractivity (Wildman–Crippen MR) is 93.2 cm³/mol. The van der Waals surface area contributed by atoms with E-state index in [1.54, 1.807) is 30.3 Å². The Hall–Kier alpha value is -3.54. The van der Waals surface area contributed by atoms with Gasteiger partial charge in [0.2, 0.25) is 0 Å². The van der Waals surface area contributed by atoms with Crippen molar-refractivity contribution < 1.29 is 28.5 Å². The van der Waals surface area contributed by atoms with Crippen LogP contribution in [0.4, 0.5) is 0 Å². The Morgan fingerprint density at radius 3 is 2.15 bits per heavy atom. The fraction of sp³-hybridized carbons (Fsp3) is 0.100. The summed E-state index contributed by atoms with van der Waals surface area (Å²) in [4.78, 5) is 23.4. The first-order valence-corrected chi connectivity index (χ1v) is 7.88. The summed E-state index contributed by atoms with van der Waals surface area (Å²) >= 11 is 0. The molecule has 1 aliphatic heterocycles. The third kappa shape index (κ3) is 2.71. The van der Waals surface area contributed by atoms with E-state index in [2.05, 4.69) is 0 Å². The lowest BCUT2D eigenvalue weighted by atomic mass is 10.0. The summed E-state index contributed by atoms with van der Waals surface area (Å²) in [6, 6.07) is 13.9. The molecule has 0 bridgehead atoms. The number of benzene rings is 3. The molecule has 0 saturated carbocycles. The van der Waals surface area contributed by atoms with Gasteiger partial charge >= 0.3 is 11.9 Å². The smallest absolute Gasteiger partial charge is 0.338 e. The summed E-state index contributed by atoms with van der Waals surface area (Å²) in [5, 5.41) is 1.28. The van der Waals surface area contributed by atoms with Crippen LogP contribution in [0.2, 0.25) is 0 Å². The van der Waals surface area contributed by atoms with Gasteiger partial charge in [-0.05, 0) is 41.8 Å². The van der Waals surface area contributed by atoms with Gasteiger partial charge in [0.15, 0.2) is 23.0 Å². The average molecular weight is 350 g/mol. The van der Waals surface area contributed by atoms with Crippen LogP contribution in [-0.2, 0) is 9.53 Å². The maximum atomic E-state index is 11.9. The molecule has 0 amide bonds. The topological polar surface area (TPSA) is 71.1 Å². The molecule has 0 fully saturated rings. The number of methoxy groups -OCH3 is 1. The molecule has 0 radical (unpaired) electrons. The van der Waals surface area contributed by atoms with Crippen LogP contribution in [0.1, 0.15) is 17.3 Å². The average Bonchev–Trinajstić information content (AvgIpc) is 2.63. The van der Waals surface area contributed by atoms with E-state index >= 15 is 0 Å². The highest BCUT2D eigenvalue weighted by molar-refractivity contribution is 6.00. The number of para-hydroxylation sites is 2. The molecule has 26 heavy (non-hydrogen) atoms. The zero-order valence-corrected chi connectivity index (χ0v) is 14.1. The molecule has 1 heterocycles. The Morgan fingerprint density at radius 2 is 1.54 bits per heavy atom. The Balaban J connectivity index is 1.90. The van der Waals surface area contributed by atoms with E-state index in [1.807, 2.05) is 12.1 Å². The Morgan fingerprint density at radius 1 is 0.885 bits per heavy atom. The minimum atomic E-state index is -0.527. The maximum Gasteiger partial charge on any atom is 0.338 e. The lowest BCUT2D eigenvalue weighted by Crippen LogP contribution is -2.06. The number of fused-ring (bicyclic) bond motifs is 3. The van der Waals surface area contributed by atoms with Crippen LogP contribution in [0.3, 0.4) is 0 Å². The van der Waals surface area contributed by atoms with Crippen LogP contribution in [0.15, 0.2) is 48.5 Å². The van der Waals surface area contributed by atoms with Gasteiger partial charge < -0.3 is 18.9 Å². The second kappa shape index (κ2) is 6.07. The van der Waals surface area contributed by atoms with E-state index in [4.69, 9.17) is 18.9 Å².